The molecule has 1 aliphatic rings. The van der Waals surface area contributed by atoms with Gasteiger partial charge in [0.1, 0.15) is 28.3 Å². The molecule has 0 saturated heterocycles. The molecule has 2 heterocycles. The molecular formula is C17H17N5O2S. The Bertz CT molecular complexity index is 882. The zero-order chi connectivity index (χ0) is 18.0. The average molecular weight is 355 g/mol. The summed E-state index contributed by atoms with van der Waals surface area (Å²) in [7, 11) is 0. The van der Waals surface area contributed by atoms with Crippen LogP contribution in [0.25, 0.3) is 5.82 Å². The molecule has 0 radical (unpaired) electrons. The van der Waals surface area contributed by atoms with Crippen molar-refractivity contribution in [1.29, 1.82) is 5.26 Å². The minimum Gasteiger partial charge on any atom is -0.462 e. The second-order valence-electron chi connectivity index (χ2n) is 5.26. The molecule has 2 aromatic rings. The van der Waals surface area contributed by atoms with Crippen LogP contribution < -0.4 is 11.1 Å². The van der Waals surface area contributed by atoms with E-state index in [1.807, 2.05) is 36.6 Å². The average Bonchev–Trinajstić information content (AvgIpc) is 3.01. The highest BCUT2D eigenvalue weighted by Gasteiger charge is 2.34. The Labute approximate surface area is 149 Å². The number of esters is 1. The maximum Gasteiger partial charge on any atom is 0.344 e. The van der Waals surface area contributed by atoms with Crippen LogP contribution >= 0.6 is 11.8 Å². The van der Waals surface area contributed by atoms with Crippen molar-refractivity contribution >= 4 is 29.4 Å². The summed E-state index contributed by atoms with van der Waals surface area (Å²) >= 11 is 1.32. The summed E-state index contributed by atoms with van der Waals surface area (Å²) in [5.74, 6) is 0.171. The second-order valence-corrected chi connectivity index (χ2v) is 6.06. The Morgan fingerprint density at radius 3 is 2.80 bits per heavy atom. The first-order valence-electron chi connectivity index (χ1n) is 7.68. The van der Waals surface area contributed by atoms with Gasteiger partial charge < -0.3 is 15.8 Å². The standard InChI is InChI=1S/C17H17N5O2S/c1-3-24-17(23)12-15-20-13(10-7-5-4-6-8-10)11(9-18)14(19)22(15)21-16(12)25-2/h4-8,13,20H,3,19H2,1-2H3. The van der Waals surface area contributed by atoms with E-state index in [1.54, 1.807) is 6.92 Å². The summed E-state index contributed by atoms with van der Waals surface area (Å²) in [6.45, 7) is 2.00. The van der Waals surface area contributed by atoms with Crippen molar-refractivity contribution in [3.8, 4) is 6.07 Å². The molecule has 1 aliphatic heterocycles. The highest BCUT2D eigenvalue weighted by atomic mass is 32.2. The summed E-state index contributed by atoms with van der Waals surface area (Å²) < 4.78 is 6.56. The number of anilines is 1. The van der Waals surface area contributed by atoms with Gasteiger partial charge >= 0.3 is 5.97 Å². The molecule has 25 heavy (non-hydrogen) atoms. The molecule has 8 heteroatoms. The van der Waals surface area contributed by atoms with Gasteiger partial charge in [0.2, 0.25) is 0 Å². The van der Waals surface area contributed by atoms with Crippen molar-refractivity contribution < 1.29 is 9.53 Å². The SMILES string of the molecule is CCOC(=O)c1c(SC)nn2c1NC(c1ccccc1)C(C#N)=C2N. The zero-order valence-corrected chi connectivity index (χ0v) is 14.6. The van der Waals surface area contributed by atoms with Gasteiger partial charge in [0, 0.05) is 0 Å². The number of rotatable bonds is 4. The number of nitrogens with two attached hydrogens (primary N) is 1. The number of aromatic nitrogens is 2. The number of thioether (sulfide) groups is 1. The molecule has 3 rings (SSSR count). The Hall–Kier alpha value is -2.92. The first-order chi connectivity index (χ1) is 12.1. The van der Waals surface area contributed by atoms with Gasteiger partial charge in [0.25, 0.3) is 0 Å². The van der Waals surface area contributed by atoms with Crippen LogP contribution in [0.2, 0.25) is 0 Å². The predicted octanol–water partition coefficient (Wildman–Crippen LogP) is 2.60. The third kappa shape index (κ3) is 2.83. The van der Waals surface area contributed by atoms with E-state index in [0.717, 1.165) is 5.56 Å². The van der Waals surface area contributed by atoms with E-state index < -0.39 is 12.0 Å². The number of ether oxygens (including phenoxy) is 1. The Morgan fingerprint density at radius 1 is 1.48 bits per heavy atom. The molecule has 0 spiro atoms. The molecule has 1 aromatic carbocycles. The highest BCUT2D eigenvalue weighted by Crippen LogP contribution is 2.38. The maximum absolute atomic E-state index is 12.4. The fourth-order valence-electron chi connectivity index (χ4n) is 2.72. The second kappa shape index (κ2) is 6.91. The van der Waals surface area contributed by atoms with Crippen LogP contribution in [0.15, 0.2) is 40.9 Å². The first-order valence-corrected chi connectivity index (χ1v) is 8.90. The van der Waals surface area contributed by atoms with Gasteiger partial charge in [-0.05, 0) is 18.7 Å². The smallest absolute Gasteiger partial charge is 0.344 e. The summed E-state index contributed by atoms with van der Waals surface area (Å²) in [4.78, 5) is 12.4. The molecule has 1 unspecified atom stereocenters. The van der Waals surface area contributed by atoms with E-state index in [4.69, 9.17) is 10.5 Å². The molecule has 7 nitrogen and oxygen atoms in total. The van der Waals surface area contributed by atoms with Crippen molar-refractivity contribution in [2.45, 2.75) is 18.0 Å². The molecule has 0 aliphatic carbocycles. The number of nitrogens with zero attached hydrogens (tertiary/aromatic N) is 3. The third-order valence-electron chi connectivity index (χ3n) is 3.85. The monoisotopic (exact) mass is 355 g/mol. The number of hydrogen-bond acceptors (Lipinski definition) is 7. The van der Waals surface area contributed by atoms with Crippen LogP contribution in [0.5, 0.6) is 0 Å². The lowest BCUT2D eigenvalue weighted by Gasteiger charge is -2.26. The van der Waals surface area contributed by atoms with Crippen LogP contribution in [0.3, 0.4) is 0 Å². The molecular weight excluding hydrogens is 338 g/mol. The van der Waals surface area contributed by atoms with Crippen LogP contribution in [0.4, 0.5) is 5.82 Å². The lowest BCUT2D eigenvalue weighted by atomic mass is 9.98. The molecule has 0 fully saturated rings. The molecule has 1 aromatic heterocycles. The molecule has 128 valence electrons. The number of carbonyl (C=O) groups is 1. The summed E-state index contributed by atoms with van der Waals surface area (Å²) in [6.07, 6.45) is 1.82. The van der Waals surface area contributed by atoms with Gasteiger partial charge in [-0.3, -0.25) is 0 Å². The van der Waals surface area contributed by atoms with Crippen molar-refractivity contribution in [1.82, 2.24) is 9.78 Å². The van der Waals surface area contributed by atoms with Gasteiger partial charge in [-0.15, -0.1) is 11.8 Å². The van der Waals surface area contributed by atoms with E-state index in [0.29, 0.717) is 22.0 Å². The van der Waals surface area contributed by atoms with Crippen molar-refractivity contribution in [2.75, 3.05) is 18.2 Å². The van der Waals surface area contributed by atoms with E-state index in [1.165, 1.54) is 16.4 Å². The van der Waals surface area contributed by atoms with E-state index in [9.17, 15) is 10.1 Å². The van der Waals surface area contributed by atoms with Gasteiger partial charge in [0.15, 0.2) is 0 Å². The topological polar surface area (TPSA) is 106 Å². The van der Waals surface area contributed by atoms with Crippen molar-refractivity contribution in [3.05, 3.63) is 47.0 Å². The summed E-state index contributed by atoms with van der Waals surface area (Å²) in [5.41, 5.74) is 7.75. The number of nitrogens with one attached hydrogen (secondary N) is 1. The maximum atomic E-state index is 12.4. The number of carbonyl (C=O) groups excluding carboxylic acids is 1. The number of nitriles is 1. The Kier molecular flexibility index (Phi) is 4.67. The van der Waals surface area contributed by atoms with Crippen LogP contribution in [0, 0.1) is 11.3 Å². The van der Waals surface area contributed by atoms with E-state index >= 15 is 0 Å². The van der Waals surface area contributed by atoms with Crippen molar-refractivity contribution in [2.24, 2.45) is 5.73 Å². The van der Waals surface area contributed by atoms with Crippen LogP contribution in [-0.2, 0) is 4.74 Å². The fourth-order valence-corrected chi connectivity index (χ4v) is 3.27. The molecule has 0 saturated carbocycles. The number of benzene rings is 1. The predicted molar refractivity (Wildman–Crippen MR) is 95.8 cm³/mol. The fraction of sp³-hybridized carbons (Fsp3) is 0.235. The summed E-state index contributed by atoms with van der Waals surface area (Å²) in [5, 5.41) is 17.7. The normalized spacial score (nSPS) is 16.0. The number of fused-ring (bicyclic) bond motifs is 1. The number of hydrogen-bond donors (Lipinski definition) is 2. The minimum atomic E-state index is -0.472. The van der Waals surface area contributed by atoms with Gasteiger partial charge in [-0.1, -0.05) is 30.3 Å². The van der Waals surface area contributed by atoms with Crippen molar-refractivity contribution in [3.63, 3.8) is 0 Å². The minimum absolute atomic E-state index is 0.205. The summed E-state index contributed by atoms with van der Waals surface area (Å²) in [6, 6.07) is 11.1. The Balaban J connectivity index is 2.18. The van der Waals surface area contributed by atoms with E-state index in [2.05, 4.69) is 16.5 Å². The molecule has 0 amide bonds. The Morgan fingerprint density at radius 2 is 2.20 bits per heavy atom. The van der Waals surface area contributed by atoms with Gasteiger partial charge in [0.05, 0.1) is 18.2 Å². The van der Waals surface area contributed by atoms with Crippen LogP contribution in [0.1, 0.15) is 28.9 Å². The molecule has 0 bridgehead atoms. The van der Waals surface area contributed by atoms with Gasteiger partial charge in [-0.25, -0.2) is 4.79 Å². The highest BCUT2D eigenvalue weighted by molar-refractivity contribution is 7.98. The lowest BCUT2D eigenvalue weighted by Crippen LogP contribution is -2.27. The zero-order valence-electron chi connectivity index (χ0n) is 13.8. The molecule has 3 N–H and O–H groups in total. The third-order valence-corrected chi connectivity index (χ3v) is 4.53. The first kappa shape index (κ1) is 16.9. The van der Waals surface area contributed by atoms with E-state index in [-0.39, 0.29) is 12.4 Å². The molecule has 1 atom stereocenters. The largest absolute Gasteiger partial charge is 0.462 e. The van der Waals surface area contributed by atoms with Crippen LogP contribution in [-0.4, -0.2) is 28.6 Å². The van der Waals surface area contributed by atoms with Gasteiger partial charge in [-0.2, -0.15) is 15.0 Å². The lowest BCUT2D eigenvalue weighted by molar-refractivity contribution is 0.0523. The quantitative estimate of drug-likeness (QED) is 0.641.